The minimum Gasteiger partial charge on any atom is -0.376 e. The van der Waals surface area contributed by atoms with E-state index in [4.69, 9.17) is 4.74 Å². The van der Waals surface area contributed by atoms with Crippen molar-refractivity contribution < 1.29 is 4.74 Å². The first kappa shape index (κ1) is 24.6. The van der Waals surface area contributed by atoms with Gasteiger partial charge < -0.3 is 15.4 Å². The van der Waals surface area contributed by atoms with Gasteiger partial charge in [0, 0.05) is 48.4 Å². The Bertz CT molecular complexity index is 734. The predicted octanol–water partition coefficient (Wildman–Crippen LogP) is 4.33. The monoisotopic (exact) mass is 548 g/mol. The van der Waals surface area contributed by atoms with Crippen molar-refractivity contribution in [3.63, 3.8) is 0 Å². The molecule has 162 valence electrons. The van der Waals surface area contributed by atoms with Crippen LogP contribution in [0.5, 0.6) is 0 Å². The number of ether oxygens (including phenoxy) is 1. The summed E-state index contributed by atoms with van der Waals surface area (Å²) in [4.78, 5) is 9.74. The minimum atomic E-state index is 0. The number of hydrogen-bond acceptors (Lipinski definition) is 5. The van der Waals surface area contributed by atoms with Gasteiger partial charge in [-0.25, -0.2) is 0 Å². The zero-order valence-electron chi connectivity index (χ0n) is 17.7. The van der Waals surface area contributed by atoms with Gasteiger partial charge in [-0.05, 0) is 29.8 Å². The lowest BCUT2D eigenvalue weighted by Crippen LogP contribution is -2.49. The Balaban J connectivity index is 0.00000300. The summed E-state index contributed by atoms with van der Waals surface area (Å²) < 4.78 is 5.74. The van der Waals surface area contributed by atoms with E-state index in [9.17, 15) is 0 Å². The number of halogens is 1. The lowest BCUT2D eigenvalue weighted by Gasteiger charge is -2.37. The molecule has 1 aliphatic heterocycles. The molecule has 2 N–H and O–H groups in total. The molecule has 2 aromatic rings. The van der Waals surface area contributed by atoms with Gasteiger partial charge >= 0.3 is 0 Å². The van der Waals surface area contributed by atoms with Crippen LogP contribution in [-0.4, -0.2) is 56.8 Å². The topological polar surface area (TPSA) is 48.9 Å². The Labute approximate surface area is 200 Å². The van der Waals surface area contributed by atoms with E-state index < -0.39 is 0 Å². The van der Waals surface area contributed by atoms with Gasteiger partial charge in [0.1, 0.15) is 0 Å². The normalized spacial score (nSPS) is 19.4. The third-order valence-electron chi connectivity index (χ3n) is 5.16. The Kier molecular flexibility index (Phi) is 9.87. The van der Waals surface area contributed by atoms with Crippen LogP contribution in [0.3, 0.4) is 0 Å². The second-order valence-electron chi connectivity index (χ2n) is 7.88. The molecule has 29 heavy (non-hydrogen) atoms. The molecule has 0 saturated carbocycles. The highest BCUT2D eigenvalue weighted by atomic mass is 127. The van der Waals surface area contributed by atoms with Crippen LogP contribution in [0.25, 0.3) is 0 Å². The molecular weight excluding hydrogens is 515 g/mol. The lowest BCUT2D eigenvalue weighted by atomic mass is 9.91. The smallest absolute Gasteiger partial charge is 0.191 e. The molecule has 2 atom stereocenters. The fourth-order valence-electron chi connectivity index (χ4n) is 3.49. The molecule has 1 saturated heterocycles. The van der Waals surface area contributed by atoms with Crippen LogP contribution in [0, 0.1) is 0 Å². The summed E-state index contributed by atoms with van der Waals surface area (Å²) in [5.74, 6) is 0.854. The van der Waals surface area contributed by atoms with E-state index in [1.54, 1.807) is 0 Å². The van der Waals surface area contributed by atoms with E-state index in [1.165, 1.54) is 9.75 Å². The standard InChI is InChI=1S/C21H32N4OS2.HI/c1-16-14-25(9-10-26-16)17(18-7-5-11-27-18)13-23-20(22-4)24-15-21(2,3)19-8-6-12-28-19;/h5-8,11-12,16-17H,9-10,13-15H2,1-4H3,(H2,22,23,24);1H. The van der Waals surface area contributed by atoms with Gasteiger partial charge in [-0.3, -0.25) is 9.89 Å². The maximum absolute atomic E-state index is 5.74. The van der Waals surface area contributed by atoms with Crippen molar-refractivity contribution in [1.82, 2.24) is 15.5 Å². The second kappa shape index (κ2) is 11.6. The summed E-state index contributed by atoms with van der Waals surface area (Å²) in [7, 11) is 1.84. The molecular formula is C21H33IN4OS2. The largest absolute Gasteiger partial charge is 0.376 e. The van der Waals surface area contributed by atoms with E-state index >= 15 is 0 Å². The van der Waals surface area contributed by atoms with Crippen LogP contribution >= 0.6 is 46.7 Å². The van der Waals surface area contributed by atoms with Gasteiger partial charge in [0.25, 0.3) is 0 Å². The number of guanidine groups is 1. The van der Waals surface area contributed by atoms with Crippen LogP contribution in [-0.2, 0) is 10.2 Å². The molecule has 3 rings (SSSR count). The fourth-order valence-corrected chi connectivity index (χ4v) is 5.20. The Morgan fingerprint density at radius 2 is 2.03 bits per heavy atom. The maximum Gasteiger partial charge on any atom is 0.191 e. The number of morpholine rings is 1. The number of aliphatic imine (C=N–C) groups is 1. The van der Waals surface area contributed by atoms with E-state index in [0.717, 1.165) is 38.7 Å². The van der Waals surface area contributed by atoms with Gasteiger partial charge in [-0.1, -0.05) is 26.0 Å². The third kappa shape index (κ3) is 6.92. The molecule has 1 fully saturated rings. The highest BCUT2D eigenvalue weighted by molar-refractivity contribution is 14.0. The fraction of sp³-hybridized carbons (Fsp3) is 0.571. The van der Waals surface area contributed by atoms with Crippen molar-refractivity contribution in [3.05, 3.63) is 44.8 Å². The first-order valence-electron chi connectivity index (χ1n) is 9.87. The number of rotatable bonds is 7. The summed E-state index contributed by atoms with van der Waals surface area (Å²) in [6.07, 6.45) is 0.278. The number of hydrogen-bond donors (Lipinski definition) is 2. The Morgan fingerprint density at radius 3 is 2.66 bits per heavy atom. The van der Waals surface area contributed by atoms with Crippen molar-refractivity contribution in [3.8, 4) is 0 Å². The summed E-state index contributed by atoms with van der Waals surface area (Å²) in [6.45, 7) is 11.1. The molecule has 5 nitrogen and oxygen atoms in total. The highest BCUT2D eigenvalue weighted by Crippen LogP contribution is 2.27. The molecule has 8 heteroatoms. The average molecular weight is 549 g/mol. The molecule has 2 aromatic heterocycles. The van der Waals surface area contributed by atoms with Gasteiger partial charge in [-0.15, -0.1) is 46.7 Å². The van der Waals surface area contributed by atoms with Crippen molar-refractivity contribution in [2.75, 3.05) is 39.8 Å². The molecule has 0 amide bonds. The summed E-state index contributed by atoms with van der Waals surface area (Å²) >= 11 is 3.63. The molecule has 2 unspecified atom stereocenters. The van der Waals surface area contributed by atoms with Crippen molar-refractivity contribution in [1.29, 1.82) is 0 Å². The van der Waals surface area contributed by atoms with Gasteiger partial charge in [-0.2, -0.15) is 0 Å². The van der Waals surface area contributed by atoms with E-state index in [2.05, 4.69) is 76.3 Å². The molecule has 0 aromatic carbocycles. The summed E-state index contributed by atoms with van der Waals surface area (Å²) in [5.41, 5.74) is 0.0680. The number of thiophene rings is 2. The minimum absolute atomic E-state index is 0. The van der Waals surface area contributed by atoms with Crippen LogP contribution in [0.1, 0.15) is 36.6 Å². The van der Waals surface area contributed by atoms with E-state index in [-0.39, 0.29) is 35.5 Å². The number of nitrogens with zero attached hydrogens (tertiary/aromatic N) is 2. The van der Waals surface area contributed by atoms with Crippen molar-refractivity contribution in [2.45, 2.75) is 38.3 Å². The average Bonchev–Trinajstić information content (AvgIpc) is 3.39. The highest BCUT2D eigenvalue weighted by Gasteiger charge is 2.27. The third-order valence-corrected chi connectivity index (χ3v) is 7.37. The maximum atomic E-state index is 5.74. The SMILES string of the molecule is CN=C(NCC(c1cccs1)N1CCOC(C)C1)NCC(C)(C)c1cccs1.I. The summed E-state index contributed by atoms with van der Waals surface area (Å²) in [6, 6.07) is 9.01. The first-order chi connectivity index (χ1) is 13.5. The van der Waals surface area contributed by atoms with Gasteiger partial charge in [0.05, 0.1) is 18.8 Å². The van der Waals surface area contributed by atoms with Gasteiger partial charge in [0.15, 0.2) is 5.96 Å². The quantitative estimate of drug-likeness (QED) is 0.307. The zero-order chi connectivity index (χ0) is 20.0. The summed E-state index contributed by atoms with van der Waals surface area (Å²) in [5, 5.41) is 11.4. The molecule has 0 spiro atoms. The lowest BCUT2D eigenvalue weighted by molar-refractivity contribution is -0.0334. The first-order valence-corrected chi connectivity index (χ1v) is 11.6. The van der Waals surface area contributed by atoms with E-state index in [1.807, 2.05) is 29.7 Å². The van der Waals surface area contributed by atoms with Crippen LogP contribution < -0.4 is 10.6 Å². The Morgan fingerprint density at radius 1 is 1.28 bits per heavy atom. The van der Waals surface area contributed by atoms with Gasteiger partial charge in [0.2, 0.25) is 0 Å². The predicted molar refractivity (Wildman–Crippen MR) is 136 cm³/mol. The van der Waals surface area contributed by atoms with Crippen molar-refractivity contribution >= 4 is 52.6 Å². The Hall–Kier alpha value is -0.680. The van der Waals surface area contributed by atoms with Crippen molar-refractivity contribution in [2.24, 2.45) is 4.99 Å². The van der Waals surface area contributed by atoms with E-state index in [0.29, 0.717) is 6.04 Å². The van der Waals surface area contributed by atoms with Crippen LogP contribution in [0.2, 0.25) is 0 Å². The molecule has 3 heterocycles. The second-order valence-corrected chi connectivity index (χ2v) is 9.80. The van der Waals surface area contributed by atoms with Crippen LogP contribution in [0.15, 0.2) is 40.0 Å². The molecule has 0 radical (unpaired) electrons. The van der Waals surface area contributed by atoms with Crippen LogP contribution in [0.4, 0.5) is 0 Å². The number of nitrogens with one attached hydrogen (secondary N) is 2. The molecule has 0 aliphatic carbocycles. The zero-order valence-corrected chi connectivity index (χ0v) is 21.6. The molecule has 1 aliphatic rings. The molecule has 0 bridgehead atoms.